The van der Waals surface area contributed by atoms with Crippen LogP contribution in [0.4, 0.5) is 5.69 Å². The maximum atomic E-state index is 12.1. The van der Waals surface area contributed by atoms with Gasteiger partial charge in [0.05, 0.1) is 22.7 Å². The number of nitro groups is 1. The molecule has 1 heterocycles. The highest BCUT2D eigenvalue weighted by molar-refractivity contribution is 5.98. The van der Waals surface area contributed by atoms with Gasteiger partial charge in [-0.15, -0.1) is 0 Å². The van der Waals surface area contributed by atoms with E-state index in [1.165, 1.54) is 12.1 Å². The largest absolute Gasteiger partial charge is 0.502 e. The molecule has 0 aromatic heterocycles. The van der Waals surface area contributed by atoms with Gasteiger partial charge in [-0.3, -0.25) is 14.9 Å². The number of carbonyl (C=O) groups excluding carboxylic acids is 1. The smallest absolute Gasteiger partial charge is 0.311 e. The molecule has 0 bridgehead atoms. The number of hydrogen-bond acceptors (Lipinski definition) is 6. The molecule has 1 aromatic rings. The van der Waals surface area contributed by atoms with Gasteiger partial charge in [-0.25, -0.2) is 0 Å². The molecule has 0 aliphatic carbocycles. The van der Waals surface area contributed by atoms with Crippen molar-refractivity contribution in [2.45, 2.75) is 12.2 Å². The lowest BCUT2D eigenvalue weighted by molar-refractivity contribution is -0.385. The van der Waals surface area contributed by atoms with E-state index in [2.05, 4.69) is 0 Å². The van der Waals surface area contributed by atoms with Crippen LogP contribution in [0.2, 0.25) is 0 Å². The van der Waals surface area contributed by atoms with Gasteiger partial charge in [0.25, 0.3) is 5.91 Å². The van der Waals surface area contributed by atoms with Crippen molar-refractivity contribution in [1.82, 2.24) is 4.90 Å². The number of amides is 1. The Morgan fingerprint density at radius 3 is 2.42 bits per heavy atom. The third-order valence-corrected chi connectivity index (χ3v) is 2.99. The Bertz CT molecular complexity index is 522. The molecule has 19 heavy (non-hydrogen) atoms. The molecule has 3 N–H and O–H groups in total. The summed E-state index contributed by atoms with van der Waals surface area (Å²) in [6, 6.07) is 3.62. The lowest BCUT2D eigenvalue weighted by Crippen LogP contribution is -2.29. The summed E-state index contributed by atoms with van der Waals surface area (Å²) in [7, 11) is 0. The fraction of sp³-hybridized carbons (Fsp3) is 0.364. The molecular formula is C11H12N2O6. The van der Waals surface area contributed by atoms with Crippen LogP contribution in [0.5, 0.6) is 5.75 Å². The Balaban J connectivity index is 2.30. The van der Waals surface area contributed by atoms with Gasteiger partial charge in [0.1, 0.15) is 0 Å². The number of phenols is 1. The number of likely N-dealkylation sites (tertiary alicyclic amines) is 1. The minimum atomic E-state index is -1.05. The molecule has 2 rings (SSSR count). The highest BCUT2D eigenvalue weighted by Gasteiger charge is 2.34. The van der Waals surface area contributed by atoms with Crippen molar-refractivity contribution in [1.29, 1.82) is 0 Å². The molecule has 0 radical (unpaired) electrons. The van der Waals surface area contributed by atoms with E-state index in [0.717, 1.165) is 11.0 Å². The van der Waals surface area contributed by atoms with E-state index >= 15 is 0 Å². The van der Waals surface area contributed by atoms with Gasteiger partial charge in [-0.1, -0.05) is 6.07 Å². The molecule has 8 heteroatoms. The summed E-state index contributed by atoms with van der Waals surface area (Å²) < 4.78 is 0. The standard InChI is InChI=1S/C11H12N2O6/c14-8-4-12(5-9(8)15)11(17)6-2-1-3-7(10(6)16)13(18)19/h1-3,8-9,14-16H,4-5H2. The normalized spacial score (nSPS) is 22.5. The van der Waals surface area contributed by atoms with Crippen molar-refractivity contribution in [3.63, 3.8) is 0 Å². The second-order valence-electron chi connectivity index (χ2n) is 4.28. The fourth-order valence-corrected chi connectivity index (χ4v) is 1.96. The Morgan fingerprint density at radius 1 is 1.32 bits per heavy atom. The molecule has 1 aromatic carbocycles. The minimum Gasteiger partial charge on any atom is -0.502 e. The van der Waals surface area contributed by atoms with E-state index in [1.54, 1.807) is 0 Å². The van der Waals surface area contributed by atoms with Crippen LogP contribution in [0.3, 0.4) is 0 Å². The molecule has 2 unspecified atom stereocenters. The van der Waals surface area contributed by atoms with E-state index in [4.69, 9.17) is 0 Å². The van der Waals surface area contributed by atoms with Gasteiger partial charge in [-0.2, -0.15) is 0 Å². The third kappa shape index (κ3) is 2.35. The number of aliphatic hydroxyl groups is 2. The number of benzene rings is 1. The zero-order valence-corrected chi connectivity index (χ0v) is 9.76. The Morgan fingerprint density at radius 2 is 1.89 bits per heavy atom. The number of para-hydroxylation sites is 1. The first kappa shape index (κ1) is 13.2. The predicted molar refractivity (Wildman–Crippen MR) is 62.7 cm³/mol. The number of carbonyl (C=O) groups is 1. The first-order chi connectivity index (χ1) is 8.91. The quantitative estimate of drug-likeness (QED) is 0.489. The highest BCUT2D eigenvalue weighted by atomic mass is 16.6. The first-order valence-corrected chi connectivity index (χ1v) is 5.53. The van der Waals surface area contributed by atoms with Crippen LogP contribution in [0.25, 0.3) is 0 Å². The van der Waals surface area contributed by atoms with Crippen molar-refractivity contribution in [3.8, 4) is 5.75 Å². The molecule has 1 aliphatic heterocycles. The summed E-state index contributed by atoms with van der Waals surface area (Å²) in [5.41, 5.74) is -0.790. The van der Waals surface area contributed by atoms with Gasteiger partial charge < -0.3 is 20.2 Å². The summed E-state index contributed by atoms with van der Waals surface area (Å²) in [6.45, 7) is -0.162. The zero-order valence-electron chi connectivity index (χ0n) is 9.76. The monoisotopic (exact) mass is 268 g/mol. The van der Waals surface area contributed by atoms with Gasteiger partial charge >= 0.3 is 5.69 Å². The molecule has 1 amide bonds. The Kier molecular flexibility index (Phi) is 3.36. The second-order valence-corrected chi connectivity index (χ2v) is 4.28. The van der Waals surface area contributed by atoms with Crippen LogP contribution >= 0.6 is 0 Å². The lowest BCUT2D eigenvalue weighted by Gasteiger charge is -2.15. The molecule has 0 saturated carbocycles. The van der Waals surface area contributed by atoms with Crippen molar-refractivity contribution in [3.05, 3.63) is 33.9 Å². The average molecular weight is 268 g/mol. The SMILES string of the molecule is O=C(c1cccc([N+](=O)[O-])c1O)N1CC(O)C(O)C1. The molecule has 1 saturated heterocycles. The van der Waals surface area contributed by atoms with Gasteiger partial charge in [0.2, 0.25) is 5.75 Å². The van der Waals surface area contributed by atoms with E-state index in [1.807, 2.05) is 0 Å². The predicted octanol–water partition coefficient (Wildman–Crippen LogP) is -0.522. The van der Waals surface area contributed by atoms with Crippen LogP contribution in [-0.4, -0.2) is 56.3 Å². The van der Waals surface area contributed by atoms with Crippen LogP contribution in [0.15, 0.2) is 18.2 Å². The Labute approximate surface area is 107 Å². The van der Waals surface area contributed by atoms with Crippen molar-refractivity contribution >= 4 is 11.6 Å². The van der Waals surface area contributed by atoms with Crippen LogP contribution in [0.1, 0.15) is 10.4 Å². The van der Waals surface area contributed by atoms with E-state index in [-0.39, 0.29) is 18.7 Å². The van der Waals surface area contributed by atoms with Gasteiger partial charge in [-0.05, 0) is 6.07 Å². The van der Waals surface area contributed by atoms with E-state index < -0.39 is 34.5 Å². The maximum Gasteiger partial charge on any atom is 0.311 e. The maximum absolute atomic E-state index is 12.1. The number of rotatable bonds is 2. The topological polar surface area (TPSA) is 124 Å². The number of aromatic hydroxyl groups is 1. The average Bonchev–Trinajstić information content (AvgIpc) is 2.69. The summed E-state index contributed by atoms with van der Waals surface area (Å²) >= 11 is 0. The number of nitro benzene ring substituents is 1. The minimum absolute atomic E-state index is 0.0812. The van der Waals surface area contributed by atoms with Crippen molar-refractivity contribution in [2.24, 2.45) is 0 Å². The van der Waals surface area contributed by atoms with Gasteiger partial charge in [0.15, 0.2) is 0 Å². The Hall–Kier alpha value is -2.19. The van der Waals surface area contributed by atoms with E-state index in [9.17, 15) is 30.2 Å². The first-order valence-electron chi connectivity index (χ1n) is 5.53. The fourth-order valence-electron chi connectivity index (χ4n) is 1.96. The number of aliphatic hydroxyl groups excluding tert-OH is 2. The number of nitrogens with zero attached hydrogens (tertiary/aromatic N) is 2. The molecule has 102 valence electrons. The van der Waals surface area contributed by atoms with Gasteiger partial charge in [0, 0.05) is 19.2 Å². The van der Waals surface area contributed by atoms with Crippen LogP contribution < -0.4 is 0 Å². The van der Waals surface area contributed by atoms with Crippen molar-refractivity contribution in [2.75, 3.05) is 13.1 Å². The van der Waals surface area contributed by atoms with Crippen LogP contribution in [0, 0.1) is 10.1 Å². The number of hydrogen-bond donors (Lipinski definition) is 3. The molecule has 8 nitrogen and oxygen atoms in total. The third-order valence-electron chi connectivity index (χ3n) is 2.99. The summed E-state index contributed by atoms with van der Waals surface area (Å²) in [4.78, 5) is 23.1. The second kappa shape index (κ2) is 4.82. The molecule has 0 spiro atoms. The molecular weight excluding hydrogens is 256 g/mol. The number of phenolic OH excluding ortho intramolecular Hbond substituents is 1. The molecule has 1 aliphatic rings. The summed E-state index contributed by atoms with van der Waals surface area (Å²) in [5.74, 6) is -1.38. The van der Waals surface area contributed by atoms with Crippen LogP contribution in [-0.2, 0) is 0 Å². The molecule has 1 fully saturated rings. The highest BCUT2D eigenvalue weighted by Crippen LogP contribution is 2.30. The van der Waals surface area contributed by atoms with E-state index in [0.29, 0.717) is 0 Å². The molecule has 2 atom stereocenters. The summed E-state index contributed by atoms with van der Waals surface area (Å²) in [5, 5.41) is 39.1. The number of β-amino-alcohol motifs (C(OH)–C–C–N with tert-alkyl or cyclic N) is 2. The lowest BCUT2D eigenvalue weighted by atomic mass is 10.1. The summed E-state index contributed by atoms with van der Waals surface area (Å²) in [6.07, 6.45) is -2.10. The van der Waals surface area contributed by atoms with Crippen molar-refractivity contribution < 1.29 is 25.0 Å². The zero-order chi connectivity index (χ0) is 14.2.